The van der Waals surface area contributed by atoms with Crippen LogP contribution in [-0.2, 0) is 6.18 Å². The summed E-state index contributed by atoms with van der Waals surface area (Å²) < 4.78 is 37.0. The molecule has 0 fully saturated rings. The first kappa shape index (κ1) is 14.8. The van der Waals surface area contributed by atoms with Gasteiger partial charge in [-0.3, -0.25) is 0 Å². The summed E-state index contributed by atoms with van der Waals surface area (Å²) in [6.45, 7) is 1.43. The van der Waals surface area contributed by atoms with Crippen molar-refractivity contribution in [3.63, 3.8) is 0 Å². The molecule has 0 unspecified atom stereocenters. The molecule has 0 aliphatic rings. The lowest BCUT2D eigenvalue weighted by molar-refractivity contribution is -0.137. The van der Waals surface area contributed by atoms with Gasteiger partial charge in [0.1, 0.15) is 5.82 Å². The van der Waals surface area contributed by atoms with Crippen LogP contribution in [0.4, 0.5) is 19.0 Å². The van der Waals surface area contributed by atoms with Crippen LogP contribution in [0.1, 0.15) is 24.8 Å². The molecule has 0 aromatic carbocycles. The topological polar surface area (TPSA) is 42.1 Å². The van der Waals surface area contributed by atoms with Gasteiger partial charge in [-0.2, -0.15) is 13.2 Å². The van der Waals surface area contributed by atoms with Gasteiger partial charge in [-0.15, -0.1) is 0 Å². The lowest BCUT2D eigenvalue weighted by Gasteiger charge is -2.18. The van der Waals surface area contributed by atoms with Gasteiger partial charge >= 0.3 is 6.18 Å². The Morgan fingerprint density at radius 1 is 1.22 bits per heavy atom. The third-order valence-electron chi connectivity index (χ3n) is 2.66. The minimum atomic E-state index is -4.33. The van der Waals surface area contributed by atoms with E-state index in [4.69, 9.17) is 5.73 Å². The van der Waals surface area contributed by atoms with Crippen LogP contribution in [0.3, 0.4) is 0 Å². The molecule has 0 bridgehead atoms. The standard InChI is InChI=1S/C12H18F3N3/c1-18(8-4-2-3-7-16)11-6-5-10(9-17-11)12(13,14)15/h5-6,9H,2-4,7-8,16H2,1H3. The molecule has 0 spiro atoms. The Hall–Kier alpha value is -1.30. The van der Waals surface area contributed by atoms with Crippen molar-refractivity contribution in [3.8, 4) is 0 Å². The molecule has 0 aliphatic carbocycles. The first-order chi connectivity index (χ1) is 8.45. The van der Waals surface area contributed by atoms with E-state index in [9.17, 15) is 13.2 Å². The molecular weight excluding hydrogens is 243 g/mol. The van der Waals surface area contributed by atoms with Crippen molar-refractivity contribution in [3.05, 3.63) is 23.9 Å². The first-order valence-electron chi connectivity index (χ1n) is 5.89. The summed E-state index contributed by atoms with van der Waals surface area (Å²) >= 11 is 0. The smallest absolute Gasteiger partial charge is 0.360 e. The van der Waals surface area contributed by atoms with E-state index in [0.29, 0.717) is 12.4 Å². The molecule has 1 aromatic heterocycles. The molecule has 0 saturated carbocycles. The highest BCUT2D eigenvalue weighted by atomic mass is 19.4. The summed E-state index contributed by atoms with van der Waals surface area (Å²) in [6, 6.07) is 2.45. The molecule has 1 aromatic rings. The van der Waals surface area contributed by atoms with Gasteiger partial charge in [0.15, 0.2) is 0 Å². The third kappa shape index (κ3) is 4.52. The number of halogens is 3. The Kier molecular flexibility index (Phi) is 5.40. The number of aromatic nitrogens is 1. The molecule has 0 saturated heterocycles. The predicted molar refractivity (Wildman–Crippen MR) is 65.4 cm³/mol. The van der Waals surface area contributed by atoms with Crippen molar-refractivity contribution in [2.24, 2.45) is 5.73 Å². The van der Waals surface area contributed by atoms with Crippen molar-refractivity contribution >= 4 is 5.82 Å². The number of rotatable bonds is 6. The van der Waals surface area contributed by atoms with E-state index >= 15 is 0 Å². The maximum Gasteiger partial charge on any atom is 0.417 e. The van der Waals surface area contributed by atoms with E-state index in [0.717, 1.165) is 38.1 Å². The Labute approximate surface area is 105 Å². The average Bonchev–Trinajstić information content (AvgIpc) is 2.33. The van der Waals surface area contributed by atoms with Crippen LogP contribution >= 0.6 is 0 Å². The zero-order chi connectivity index (χ0) is 13.6. The maximum absolute atomic E-state index is 12.3. The minimum Gasteiger partial charge on any atom is -0.360 e. The fraction of sp³-hybridized carbons (Fsp3) is 0.583. The Morgan fingerprint density at radius 2 is 1.94 bits per heavy atom. The Morgan fingerprint density at radius 3 is 2.44 bits per heavy atom. The zero-order valence-corrected chi connectivity index (χ0v) is 10.4. The largest absolute Gasteiger partial charge is 0.417 e. The van der Waals surface area contributed by atoms with Crippen molar-refractivity contribution in [2.75, 3.05) is 25.0 Å². The summed E-state index contributed by atoms with van der Waals surface area (Å²) in [4.78, 5) is 5.67. The van der Waals surface area contributed by atoms with Gasteiger partial charge < -0.3 is 10.6 Å². The number of hydrogen-bond acceptors (Lipinski definition) is 3. The van der Waals surface area contributed by atoms with Gasteiger partial charge in [0, 0.05) is 19.8 Å². The zero-order valence-electron chi connectivity index (χ0n) is 10.4. The molecule has 0 aliphatic heterocycles. The molecule has 102 valence electrons. The number of anilines is 1. The second kappa shape index (κ2) is 6.58. The van der Waals surface area contributed by atoms with Gasteiger partial charge in [-0.05, 0) is 31.5 Å². The monoisotopic (exact) mass is 261 g/mol. The van der Waals surface area contributed by atoms with Gasteiger partial charge in [-0.1, -0.05) is 6.42 Å². The second-order valence-electron chi connectivity index (χ2n) is 4.17. The van der Waals surface area contributed by atoms with Crippen LogP contribution in [0.15, 0.2) is 18.3 Å². The van der Waals surface area contributed by atoms with E-state index in [1.165, 1.54) is 6.07 Å². The molecular formula is C12H18F3N3. The fourth-order valence-corrected chi connectivity index (χ4v) is 1.56. The molecule has 18 heavy (non-hydrogen) atoms. The molecule has 3 nitrogen and oxygen atoms in total. The van der Waals surface area contributed by atoms with Crippen LogP contribution < -0.4 is 10.6 Å². The van der Waals surface area contributed by atoms with Crippen molar-refractivity contribution < 1.29 is 13.2 Å². The fourth-order valence-electron chi connectivity index (χ4n) is 1.56. The molecule has 0 amide bonds. The summed E-state index contributed by atoms with van der Waals surface area (Å²) in [5, 5.41) is 0. The molecule has 0 atom stereocenters. The van der Waals surface area contributed by atoms with Crippen molar-refractivity contribution in [1.29, 1.82) is 0 Å². The number of hydrogen-bond donors (Lipinski definition) is 1. The highest BCUT2D eigenvalue weighted by Gasteiger charge is 2.30. The quantitative estimate of drug-likeness (QED) is 0.800. The van der Waals surface area contributed by atoms with E-state index in [2.05, 4.69) is 4.98 Å². The maximum atomic E-state index is 12.3. The van der Waals surface area contributed by atoms with Crippen molar-refractivity contribution in [2.45, 2.75) is 25.4 Å². The van der Waals surface area contributed by atoms with E-state index in [1.54, 1.807) is 0 Å². The molecule has 1 rings (SSSR count). The Balaban J connectivity index is 2.51. The van der Waals surface area contributed by atoms with Crippen LogP contribution in [0.2, 0.25) is 0 Å². The minimum absolute atomic E-state index is 0.552. The second-order valence-corrected chi connectivity index (χ2v) is 4.17. The van der Waals surface area contributed by atoms with Crippen LogP contribution in [0.25, 0.3) is 0 Å². The van der Waals surface area contributed by atoms with Gasteiger partial charge in [0.05, 0.1) is 5.56 Å². The number of nitrogens with zero attached hydrogens (tertiary/aromatic N) is 2. The number of pyridine rings is 1. The summed E-state index contributed by atoms with van der Waals surface area (Å²) in [5.41, 5.74) is 4.66. The lowest BCUT2D eigenvalue weighted by Crippen LogP contribution is -2.20. The number of unbranched alkanes of at least 4 members (excludes halogenated alkanes) is 2. The third-order valence-corrected chi connectivity index (χ3v) is 2.66. The molecule has 1 heterocycles. The predicted octanol–water partition coefficient (Wildman–Crippen LogP) is 2.67. The molecule has 6 heteroatoms. The number of nitrogens with two attached hydrogens (primary N) is 1. The summed E-state index contributed by atoms with van der Waals surface area (Å²) in [5.74, 6) is 0.552. The Bertz CT molecular complexity index is 349. The summed E-state index contributed by atoms with van der Waals surface area (Å²) in [7, 11) is 1.82. The average molecular weight is 261 g/mol. The van der Waals surface area contributed by atoms with Gasteiger partial charge in [0.25, 0.3) is 0 Å². The highest BCUT2D eigenvalue weighted by molar-refractivity contribution is 5.38. The van der Waals surface area contributed by atoms with Crippen LogP contribution in [0.5, 0.6) is 0 Å². The van der Waals surface area contributed by atoms with E-state index < -0.39 is 11.7 Å². The van der Waals surface area contributed by atoms with Crippen LogP contribution in [0, 0.1) is 0 Å². The van der Waals surface area contributed by atoms with Crippen molar-refractivity contribution in [1.82, 2.24) is 4.98 Å². The first-order valence-corrected chi connectivity index (χ1v) is 5.89. The normalized spacial score (nSPS) is 11.6. The van der Waals surface area contributed by atoms with E-state index in [1.807, 2.05) is 11.9 Å². The highest BCUT2D eigenvalue weighted by Crippen LogP contribution is 2.29. The summed E-state index contributed by atoms with van der Waals surface area (Å²) in [6.07, 6.45) is -0.525. The lowest BCUT2D eigenvalue weighted by atomic mass is 10.2. The molecule has 0 radical (unpaired) electrons. The van der Waals surface area contributed by atoms with Gasteiger partial charge in [0.2, 0.25) is 0 Å². The van der Waals surface area contributed by atoms with Gasteiger partial charge in [-0.25, -0.2) is 4.98 Å². The molecule has 2 N–H and O–H groups in total. The number of alkyl halides is 3. The van der Waals surface area contributed by atoms with Crippen LogP contribution in [-0.4, -0.2) is 25.1 Å². The van der Waals surface area contributed by atoms with E-state index in [-0.39, 0.29) is 0 Å². The SMILES string of the molecule is CN(CCCCCN)c1ccc(C(F)(F)F)cn1.